The molecule has 0 amide bonds. The van der Waals surface area contributed by atoms with Crippen LogP contribution in [0.4, 0.5) is 5.69 Å². The second-order valence-corrected chi connectivity index (χ2v) is 4.70. The highest BCUT2D eigenvalue weighted by Crippen LogP contribution is 2.16. The molecule has 106 valence electrons. The summed E-state index contributed by atoms with van der Waals surface area (Å²) in [5.41, 5.74) is 0.914. The fourth-order valence-electron chi connectivity index (χ4n) is 1.77. The fraction of sp³-hybridized carbons (Fsp3) is 0.267. The second-order valence-electron chi connectivity index (χ2n) is 4.29. The lowest BCUT2D eigenvalue weighted by atomic mass is 10.2. The van der Waals surface area contributed by atoms with Crippen molar-refractivity contribution in [1.82, 2.24) is 5.32 Å². The van der Waals surface area contributed by atoms with Gasteiger partial charge in [0, 0.05) is 5.69 Å². The molecular weight excluding hydrogens is 272 g/mol. The van der Waals surface area contributed by atoms with Crippen molar-refractivity contribution < 1.29 is 9.15 Å². The molecule has 5 heteroatoms. The Morgan fingerprint density at radius 2 is 2.05 bits per heavy atom. The van der Waals surface area contributed by atoms with Gasteiger partial charge in [-0.2, -0.15) is 0 Å². The zero-order valence-corrected chi connectivity index (χ0v) is 12.4. The Morgan fingerprint density at radius 1 is 1.30 bits per heavy atom. The van der Waals surface area contributed by atoms with E-state index in [4.69, 9.17) is 21.4 Å². The average molecular weight is 290 g/mol. The molecule has 0 unspecified atom stereocenters. The maximum atomic E-state index is 5.39. The second kappa shape index (κ2) is 6.96. The van der Waals surface area contributed by atoms with Crippen LogP contribution in [-0.2, 0) is 0 Å². The minimum absolute atomic E-state index is 0.0210. The van der Waals surface area contributed by atoms with Gasteiger partial charge < -0.3 is 19.8 Å². The van der Waals surface area contributed by atoms with Crippen molar-refractivity contribution >= 4 is 23.0 Å². The lowest BCUT2D eigenvalue weighted by Crippen LogP contribution is -2.30. The molecule has 0 fully saturated rings. The van der Waals surface area contributed by atoms with Crippen LogP contribution in [0.5, 0.6) is 5.75 Å². The van der Waals surface area contributed by atoms with Gasteiger partial charge in [0.25, 0.3) is 0 Å². The predicted octanol–water partition coefficient (Wildman–Crippen LogP) is 3.73. The van der Waals surface area contributed by atoms with Gasteiger partial charge in [0.05, 0.1) is 18.9 Å². The lowest BCUT2D eigenvalue weighted by molar-refractivity contribution is 0.340. The molecule has 0 spiro atoms. The highest BCUT2D eigenvalue weighted by molar-refractivity contribution is 7.80. The Balaban J connectivity index is 1.87. The smallest absolute Gasteiger partial charge is 0.171 e. The standard InChI is InChI=1S/C15H18N2O2S/c1-3-18-13-8-6-12(7-9-13)17-15(20)16-11(2)14-5-4-10-19-14/h4-11H,3H2,1-2H3,(H2,16,17,20)/t11-/m0/s1. The Kier molecular flexibility index (Phi) is 5.01. The van der Waals surface area contributed by atoms with Crippen molar-refractivity contribution in [3.05, 3.63) is 48.4 Å². The molecular formula is C15H18N2O2S. The van der Waals surface area contributed by atoms with Crippen LogP contribution in [0.1, 0.15) is 25.6 Å². The van der Waals surface area contributed by atoms with Crippen molar-refractivity contribution in [1.29, 1.82) is 0 Å². The van der Waals surface area contributed by atoms with Crippen LogP contribution in [0.3, 0.4) is 0 Å². The van der Waals surface area contributed by atoms with Crippen LogP contribution >= 0.6 is 12.2 Å². The van der Waals surface area contributed by atoms with Crippen LogP contribution in [0.25, 0.3) is 0 Å². The van der Waals surface area contributed by atoms with E-state index in [1.165, 1.54) is 0 Å². The summed E-state index contributed by atoms with van der Waals surface area (Å²) in [6.45, 7) is 4.61. The van der Waals surface area contributed by atoms with Crippen molar-refractivity contribution in [3.8, 4) is 5.75 Å². The highest BCUT2D eigenvalue weighted by Gasteiger charge is 2.09. The van der Waals surface area contributed by atoms with Crippen LogP contribution in [0, 0.1) is 0 Å². The third-order valence-electron chi connectivity index (χ3n) is 2.74. The topological polar surface area (TPSA) is 46.4 Å². The van der Waals surface area contributed by atoms with E-state index < -0.39 is 0 Å². The molecule has 1 aromatic heterocycles. The molecule has 2 rings (SSSR count). The SMILES string of the molecule is CCOc1ccc(NC(=S)N[C@@H](C)c2ccco2)cc1. The Bertz CT molecular complexity index is 538. The van der Waals surface area contributed by atoms with Gasteiger partial charge in [-0.25, -0.2) is 0 Å². The third-order valence-corrected chi connectivity index (χ3v) is 2.96. The van der Waals surface area contributed by atoms with Crippen molar-refractivity contribution in [2.24, 2.45) is 0 Å². The summed E-state index contributed by atoms with van der Waals surface area (Å²) in [6, 6.07) is 11.5. The van der Waals surface area contributed by atoms with Gasteiger partial charge in [0.2, 0.25) is 0 Å². The molecule has 0 saturated carbocycles. The molecule has 1 aromatic carbocycles. The van der Waals surface area contributed by atoms with Gasteiger partial charge >= 0.3 is 0 Å². The molecule has 2 N–H and O–H groups in total. The van der Waals surface area contributed by atoms with Crippen molar-refractivity contribution in [3.63, 3.8) is 0 Å². The first-order valence-corrected chi connectivity index (χ1v) is 6.93. The molecule has 2 aromatic rings. The van der Waals surface area contributed by atoms with Crippen molar-refractivity contribution in [2.75, 3.05) is 11.9 Å². The van der Waals surface area contributed by atoms with E-state index in [-0.39, 0.29) is 6.04 Å². The molecule has 0 aliphatic rings. The van der Waals surface area contributed by atoms with Gasteiger partial charge in [0.15, 0.2) is 5.11 Å². The van der Waals surface area contributed by atoms with Crippen LogP contribution in [-0.4, -0.2) is 11.7 Å². The van der Waals surface area contributed by atoms with E-state index >= 15 is 0 Å². The lowest BCUT2D eigenvalue weighted by Gasteiger charge is -2.15. The molecule has 0 aliphatic carbocycles. The number of benzene rings is 1. The summed E-state index contributed by atoms with van der Waals surface area (Å²) in [5, 5.41) is 6.85. The Labute approximate surface area is 124 Å². The first-order valence-electron chi connectivity index (χ1n) is 6.53. The largest absolute Gasteiger partial charge is 0.494 e. The van der Waals surface area contributed by atoms with Gasteiger partial charge in [-0.05, 0) is 62.5 Å². The number of nitrogens with one attached hydrogen (secondary N) is 2. The number of hydrogen-bond acceptors (Lipinski definition) is 3. The fourth-order valence-corrected chi connectivity index (χ4v) is 2.07. The van der Waals surface area contributed by atoms with Crippen LogP contribution < -0.4 is 15.4 Å². The summed E-state index contributed by atoms with van der Waals surface area (Å²) < 4.78 is 10.7. The van der Waals surface area contributed by atoms with Gasteiger partial charge in [-0.3, -0.25) is 0 Å². The number of furan rings is 1. The maximum absolute atomic E-state index is 5.39. The molecule has 0 radical (unpaired) electrons. The molecule has 1 atom stereocenters. The minimum Gasteiger partial charge on any atom is -0.494 e. The van der Waals surface area contributed by atoms with Crippen LogP contribution in [0.2, 0.25) is 0 Å². The van der Waals surface area contributed by atoms with Gasteiger partial charge in [0.1, 0.15) is 11.5 Å². The quantitative estimate of drug-likeness (QED) is 0.822. The summed E-state index contributed by atoms with van der Waals surface area (Å²) in [7, 11) is 0. The summed E-state index contributed by atoms with van der Waals surface area (Å²) >= 11 is 5.28. The number of thiocarbonyl (C=S) groups is 1. The normalized spacial score (nSPS) is 11.7. The highest BCUT2D eigenvalue weighted by atomic mass is 32.1. The minimum atomic E-state index is 0.0210. The summed E-state index contributed by atoms with van der Waals surface area (Å²) in [5.74, 6) is 1.70. The van der Waals surface area contributed by atoms with E-state index in [0.717, 1.165) is 17.2 Å². The molecule has 4 nitrogen and oxygen atoms in total. The monoisotopic (exact) mass is 290 g/mol. The van der Waals surface area contributed by atoms with Gasteiger partial charge in [-0.15, -0.1) is 0 Å². The molecule has 0 saturated heterocycles. The summed E-state index contributed by atoms with van der Waals surface area (Å²) in [4.78, 5) is 0. The summed E-state index contributed by atoms with van der Waals surface area (Å²) in [6.07, 6.45) is 1.65. The Morgan fingerprint density at radius 3 is 2.65 bits per heavy atom. The number of rotatable bonds is 5. The van der Waals surface area contributed by atoms with E-state index in [9.17, 15) is 0 Å². The molecule has 0 bridgehead atoms. The van der Waals surface area contributed by atoms with E-state index in [0.29, 0.717) is 11.7 Å². The zero-order valence-electron chi connectivity index (χ0n) is 11.6. The number of anilines is 1. The van der Waals surface area contributed by atoms with Crippen LogP contribution in [0.15, 0.2) is 47.1 Å². The van der Waals surface area contributed by atoms with Gasteiger partial charge in [-0.1, -0.05) is 0 Å². The Hall–Kier alpha value is -2.01. The number of hydrogen-bond donors (Lipinski definition) is 2. The third kappa shape index (κ3) is 3.99. The molecule has 1 heterocycles. The molecule has 0 aliphatic heterocycles. The predicted molar refractivity (Wildman–Crippen MR) is 84.1 cm³/mol. The maximum Gasteiger partial charge on any atom is 0.171 e. The van der Waals surface area contributed by atoms with E-state index in [2.05, 4.69) is 10.6 Å². The molecule has 20 heavy (non-hydrogen) atoms. The first-order chi connectivity index (χ1) is 9.69. The first kappa shape index (κ1) is 14.4. The van der Waals surface area contributed by atoms with E-state index in [1.807, 2.05) is 50.2 Å². The van der Waals surface area contributed by atoms with E-state index in [1.54, 1.807) is 6.26 Å². The average Bonchev–Trinajstić information content (AvgIpc) is 2.95. The number of ether oxygens (including phenoxy) is 1. The zero-order chi connectivity index (χ0) is 14.4. The van der Waals surface area contributed by atoms with Crippen molar-refractivity contribution in [2.45, 2.75) is 19.9 Å².